The maximum Gasteiger partial charge on any atom is 0.341 e. The molecular formula is C15H11Cl2F2NO4S. The van der Waals surface area contributed by atoms with Crippen LogP contribution in [0, 0.1) is 0 Å². The van der Waals surface area contributed by atoms with Crippen LogP contribution >= 0.6 is 23.2 Å². The molecule has 5 nitrogen and oxygen atoms in total. The zero-order valence-electron chi connectivity index (χ0n) is 12.4. The Morgan fingerprint density at radius 2 is 1.76 bits per heavy atom. The first kappa shape index (κ1) is 19.4. The second kappa shape index (κ2) is 7.99. The first-order valence-corrected chi connectivity index (χ1v) is 9.00. The summed E-state index contributed by atoms with van der Waals surface area (Å²) in [6.07, 6.45) is 0. The monoisotopic (exact) mass is 409 g/mol. The van der Waals surface area contributed by atoms with E-state index in [2.05, 4.69) is 5.32 Å². The van der Waals surface area contributed by atoms with Crippen molar-refractivity contribution < 1.29 is 26.7 Å². The van der Waals surface area contributed by atoms with E-state index < -0.39 is 26.4 Å². The van der Waals surface area contributed by atoms with Gasteiger partial charge in [0.05, 0.1) is 9.92 Å². The molecule has 10 heteroatoms. The van der Waals surface area contributed by atoms with Gasteiger partial charge in [0, 0.05) is 16.8 Å². The van der Waals surface area contributed by atoms with Crippen molar-refractivity contribution in [3.8, 4) is 5.75 Å². The summed E-state index contributed by atoms with van der Waals surface area (Å²) in [6.45, 7) is -0.378. The van der Waals surface area contributed by atoms with Crippen LogP contribution in [0.1, 0.15) is 0 Å². The van der Waals surface area contributed by atoms with Gasteiger partial charge < -0.3 is 10.1 Å². The zero-order valence-corrected chi connectivity index (χ0v) is 14.7. The molecule has 0 heterocycles. The van der Waals surface area contributed by atoms with Gasteiger partial charge >= 0.3 is 5.76 Å². The highest BCUT2D eigenvalue weighted by molar-refractivity contribution is 7.91. The van der Waals surface area contributed by atoms with Crippen LogP contribution in [-0.4, -0.2) is 26.7 Å². The van der Waals surface area contributed by atoms with Gasteiger partial charge in [0.1, 0.15) is 5.75 Å². The molecule has 134 valence electrons. The molecule has 0 fully saturated rings. The lowest BCUT2D eigenvalue weighted by Gasteiger charge is -2.09. The third-order valence-electron chi connectivity index (χ3n) is 2.95. The van der Waals surface area contributed by atoms with E-state index in [1.54, 1.807) is 6.07 Å². The van der Waals surface area contributed by atoms with E-state index in [-0.39, 0.29) is 23.1 Å². The molecule has 0 aliphatic rings. The number of carbonyl (C=O) groups excluding carboxylic acids is 1. The number of ether oxygens (including phenoxy) is 1. The standard InChI is InChI=1S/C15H11Cl2F2NO4S/c16-9-1-6-12(17)13(7-9)24-8-14(21)20-10-2-4-11(5-3-10)25(22,23)15(18)19/h1-7,15H,8H2,(H,20,21). The Labute approximate surface area is 152 Å². The molecule has 0 saturated heterocycles. The van der Waals surface area contributed by atoms with Gasteiger partial charge in [0.2, 0.25) is 9.84 Å². The molecular weight excluding hydrogens is 399 g/mol. The first-order valence-electron chi connectivity index (χ1n) is 6.70. The van der Waals surface area contributed by atoms with E-state index in [0.29, 0.717) is 5.02 Å². The highest BCUT2D eigenvalue weighted by atomic mass is 35.5. The first-order chi connectivity index (χ1) is 11.7. The number of halogens is 4. The van der Waals surface area contributed by atoms with Crippen molar-refractivity contribution in [2.24, 2.45) is 0 Å². The molecule has 1 N–H and O–H groups in total. The minimum absolute atomic E-state index is 0.221. The number of alkyl halides is 2. The molecule has 2 aromatic carbocycles. The van der Waals surface area contributed by atoms with E-state index in [1.165, 1.54) is 24.3 Å². The lowest BCUT2D eigenvalue weighted by atomic mass is 10.3. The minimum atomic E-state index is -4.68. The van der Waals surface area contributed by atoms with Gasteiger partial charge in [-0.2, -0.15) is 8.78 Å². The van der Waals surface area contributed by atoms with Crippen LogP contribution in [0.2, 0.25) is 10.0 Å². The lowest BCUT2D eigenvalue weighted by molar-refractivity contribution is -0.118. The van der Waals surface area contributed by atoms with Gasteiger partial charge in [-0.25, -0.2) is 8.42 Å². The molecule has 0 aliphatic carbocycles. The number of amides is 1. The highest BCUT2D eigenvalue weighted by Gasteiger charge is 2.26. The lowest BCUT2D eigenvalue weighted by Crippen LogP contribution is -2.20. The van der Waals surface area contributed by atoms with Crippen molar-refractivity contribution >= 4 is 44.6 Å². The molecule has 0 aliphatic heterocycles. The molecule has 0 bridgehead atoms. The topological polar surface area (TPSA) is 72.5 Å². The van der Waals surface area contributed by atoms with Gasteiger partial charge in [-0.3, -0.25) is 4.79 Å². The van der Waals surface area contributed by atoms with E-state index in [9.17, 15) is 22.0 Å². The quantitative estimate of drug-likeness (QED) is 0.781. The van der Waals surface area contributed by atoms with Crippen molar-refractivity contribution in [3.63, 3.8) is 0 Å². The number of sulfone groups is 1. The largest absolute Gasteiger partial charge is 0.482 e. The van der Waals surface area contributed by atoms with Crippen molar-refractivity contribution in [1.29, 1.82) is 0 Å². The van der Waals surface area contributed by atoms with Crippen LogP contribution in [0.5, 0.6) is 5.75 Å². The second-order valence-electron chi connectivity index (χ2n) is 4.74. The van der Waals surface area contributed by atoms with Gasteiger partial charge in [-0.05, 0) is 36.4 Å². The van der Waals surface area contributed by atoms with Gasteiger partial charge in [-0.15, -0.1) is 0 Å². The van der Waals surface area contributed by atoms with Crippen molar-refractivity contribution in [1.82, 2.24) is 0 Å². The fourth-order valence-corrected chi connectivity index (χ4v) is 2.81. The Morgan fingerprint density at radius 3 is 2.36 bits per heavy atom. The summed E-state index contributed by atoms with van der Waals surface area (Å²) in [5.74, 6) is -3.84. The summed E-state index contributed by atoms with van der Waals surface area (Å²) in [6, 6.07) is 8.86. The van der Waals surface area contributed by atoms with Crippen LogP contribution in [-0.2, 0) is 14.6 Å². The number of hydrogen-bond donors (Lipinski definition) is 1. The molecule has 1 amide bonds. The Balaban J connectivity index is 1.98. The molecule has 25 heavy (non-hydrogen) atoms. The Kier molecular flexibility index (Phi) is 6.21. The average Bonchev–Trinajstić information content (AvgIpc) is 2.56. The van der Waals surface area contributed by atoms with E-state index in [1.807, 2.05) is 0 Å². The number of rotatable bonds is 6. The van der Waals surface area contributed by atoms with Crippen molar-refractivity contribution in [2.75, 3.05) is 11.9 Å². The summed E-state index contributed by atoms with van der Waals surface area (Å²) in [4.78, 5) is 11.3. The summed E-state index contributed by atoms with van der Waals surface area (Å²) in [7, 11) is -4.68. The normalized spacial score (nSPS) is 11.4. The van der Waals surface area contributed by atoms with Crippen LogP contribution in [0.15, 0.2) is 47.4 Å². The molecule has 0 saturated carbocycles. The predicted molar refractivity (Wildman–Crippen MR) is 90.2 cm³/mol. The summed E-state index contributed by atoms with van der Waals surface area (Å²) in [5.41, 5.74) is 0.221. The molecule has 0 atom stereocenters. The zero-order chi connectivity index (χ0) is 18.6. The maximum atomic E-state index is 12.4. The van der Waals surface area contributed by atoms with Crippen LogP contribution in [0.3, 0.4) is 0 Å². The summed E-state index contributed by atoms with van der Waals surface area (Å²) < 4.78 is 52.7. The molecule has 0 aromatic heterocycles. The van der Waals surface area contributed by atoms with Crippen molar-refractivity contribution in [2.45, 2.75) is 10.7 Å². The van der Waals surface area contributed by atoms with Crippen LogP contribution in [0.25, 0.3) is 0 Å². The van der Waals surface area contributed by atoms with E-state index >= 15 is 0 Å². The molecule has 2 rings (SSSR count). The number of anilines is 1. The number of nitrogens with one attached hydrogen (secondary N) is 1. The Bertz CT molecular complexity index is 874. The number of carbonyl (C=O) groups is 1. The molecule has 2 aromatic rings. The van der Waals surface area contributed by atoms with Gasteiger partial charge in [0.25, 0.3) is 5.91 Å². The number of benzene rings is 2. The SMILES string of the molecule is O=C(COc1cc(Cl)ccc1Cl)Nc1ccc(S(=O)(=O)C(F)F)cc1. The Morgan fingerprint density at radius 1 is 1.12 bits per heavy atom. The highest BCUT2D eigenvalue weighted by Crippen LogP contribution is 2.27. The second-order valence-corrected chi connectivity index (χ2v) is 7.50. The third kappa shape index (κ3) is 5.04. The fourth-order valence-electron chi connectivity index (χ4n) is 1.76. The maximum absolute atomic E-state index is 12.4. The molecule has 0 radical (unpaired) electrons. The summed E-state index contributed by atoms with van der Waals surface area (Å²) >= 11 is 11.7. The van der Waals surface area contributed by atoms with Crippen LogP contribution in [0.4, 0.5) is 14.5 Å². The van der Waals surface area contributed by atoms with Crippen LogP contribution < -0.4 is 10.1 Å². The molecule has 0 unspecified atom stereocenters. The Hall–Kier alpha value is -1.90. The minimum Gasteiger partial charge on any atom is -0.482 e. The number of hydrogen-bond acceptors (Lipinski definition) is 4. The predicted octanol–water partition coefficient (Wildman–Crippen LogP) is 4.01. The van der Waals surface area contributed by atoms with Crippen molar-refractivity contribution in [3.05, 3.63) is 52.5 Å². The smallest absolute Gasteiger partial charge is 0.341 e. The van der Waals surface area contributed by atoms with Gasteiger partial charge in [0.15, 0.2) is 6.61 Å². The average molecular weight is 410 g/mol. The third-order valence-corrected chi connectivity index (χ3v) is 4.90. The van der Waals surface area contributed by atoms with E-state index in [0.717, 1.165) is 12.1 Å². The molecule has 0 spiro atoms. The van der Waals surface area contributed by atoms with Gasteiger partial charge in [-0.1, -0.05) is 23.2 Å². The fraction of sp³-hybridized carbons (Fsp3) is 0.133. The van der Waals surface area contributed by atoms with E-state index in [4.69, 9.17) is 27.9 Å². The summed E-state index contributed by atoms with van der Waals surface area (Å²) in [5, 5.41) is 3.09.